The van der Waals surface area contributed by atoms with Crippen LogP contribution in [-0.2, 0) is 4.79 Å². The number of likely N-dealkylation sites (N-methyl/N-ethyl adjacent to an activating group) is 1. The summed E-state index contributed by atoms with van der Waals surface area (Å²) in [6, 6.07) is 0.439. The minimum atomic E-state index is -0.746. The number of aliphatic carboxylic acids is 1. The van der Waals surface area contributed by atoms with Gasteiger partial charge in [0.25, 0.3) is 0 Å². The molecule has 0 heterocycles. The van der Waals surface area contributed by atoms with Gasteiger partial charge in [-0.05, 0) is 52.5 Å². The Morgan fingerprint density at radius 2 is 1.81 bits per heavy atom. The van der Waals surface area contributed by atoms with Crippen LogP contribution in [0.5, 0.6) is 0 Å². The summed E-state index contributed by atoms with van der Waals surface area (Å²) in [4.78, 5) is 13.2. The average Bonchev–Trinajstić information content (AvgIpc) is 2.28. The molecule has 0 aliphatic heterocycles. The van der Waals surface area contributed by atoms with Gasteiger partial charge in [-0.15, -0.1) is 0 Å². The zero-order valence-corrected chi connectivity index (χ0v) is 11.0. The minimum Gasteiger partial charge on any atom is -0.480 e. The Balaban J connectivity index is 2.56. The van der Waals surface area contributed by atoms with Crippen molar-refractivity contribution >= 4 is 5.97 Å². The Kier molecular flexibility index (Phi) is 4.36. The monoisotopic (exact) mass is 227 g/mol. The Morgan fingerprint density at radius 1 is 1.31 bits per heavy atom. The van der Waals surface area contributed by atoms with Crippen LogP contribution in [0.2, 0.25) is 0 Å². The van der Waals surface area contributed by atoms with Crippen molar-refractivity contribution in [2.45, 2.75) is 64.5 Å². The Hall–Kier alpha value is -0.570. The van der Waals surface area contributed by atoms with Crippen LogP contribution in [0.1, 0.15) is 52.9 Å². The van der Waals surface area contributed by atoms with Crippen LogP contribution >= 0.6 is 0 Å². The molecule has 0 atom stereocenters. The van der Waals surface area contributed by atoms with Crippen LogP contribution in [0.3, 0.4) is 0 Å². The van der Waals surface area contributed by atoms with Crippen molar-refractivity contribution < 1.29 is 9.90 Å². The Morgan fingerprint density at radius 3 is 2.19 bits per heavy atom. The molecule has 0 saturated heterocycles. The van der Waals surface area contributed by atoms with E-state index in [9.17, 15) is 9.90 Å². The Bertz CT molecular complexity index is 242. The van der Waals surface area contributed by atoms with Gasteiger partial charge < -0.3 is 5.11 Å². The SMILES string of the molecule is CCC1CCC(N(C)C(C)(C)C(=O)O)CC1. The molecular weight excluding hydrogens is 202 g/mol. The van der Waals surface area contributed by atoms with E-state index in [1.165, 1.54) is 19.3 Å². The third-order valence-corrected chi connectivity index (χ3v) is 4.35. The molecule has 94 valence electrons. The molecule has 0 aromatic carbocycles. The summed E-state index contributed by atoms with van der Waals surface area (Å²) in [5.74, 6) is 0.130. The van der Waals surface area contributed by atoms with E-state index in [1.807, 2.05) is 11.9 Å². The predicted octanol–water partition coefficient (Wildman–Crippen LogP) is 2.75. The number of carboxylic acid groups (broad SMARTS) is 1. The first-order chi connectivity index (χ1) is 7.39. The van der Waals surface area contributed by atoms with Gasteiger partial charge >= 0.3 is 5.97 Å². The largest absolute Gasteiger partial charge is 0.480 e. The van der Waals surface area contributed by atoms with Crippen molar-refractivity contribution in [2.75, 3.05) is 7.05 Å². The van der Waals surface area contributed by atoms with Gasteiger partial charge in [0.1, 0.15) is 5.54 Å². The molecule has 1 rings (SSSR count). The second-order valence-corrected chi connectivity index (χ2v) is 5.56. The molecule has 0 amide bonds. The fraction of sp³-hybridized carbons (Fsp3) is 0.923. The highest BCUT2D eigenvalue weighted by Gasteiger charge is 2.37. The fourth-order valence-electron chi connectivity index (χ4n) is 2.55. The second-order valence-electron chi connectivity index (χ2n) is 5.56. The van der Waals surface area contributed by atoms with Crippen molar-refractivity contribution in [2.24, 2.45) is 5.92 Å². The number of hydrogen-bond acceptors (Lipinski definition) is 2. The van der Waals surface area contributed by atoms with Crippen molar-refractivity contribution in [1.29, 1.82) is 0 Å². The van der Waals surface area contributed by atoms with Gasteiger partial charge in [0.15, 0.2) is 0 Å². The van der Waals surface area contributed by atoms with Crippen LogP contribution in [0, 0.1) is 5.92 Å². The molecule has 0 radical (unpaired) electrons. The van der Waals surface area contributed by atoms with Crippen LogP contribution in [-0.4, -0.2) is 34.6 Å². The molecule has 0 spiro atoms. The zero-order valence-electron chi connectivity index (χ0n) is 11.0. The molecule has 1 aliphatic carbocycles. The summed E-state index contributed by atoms with van der Waals surface area (Å²) in [6.45, 7) is 5.83. The van der Waals surface area contributed by atoms with E-state index in [-0.39, 0.29) is 0 Å². The first-order valence-corrected chi connectivity index (χ1v) is 6.36. The maximum atomic E-state index is 11.2. The quantitative estimate of drug-likeness (QED) is 0.803. The smallest absolute Gasteiger partial charge is 0.323 e. The van der Waals surface area contributed by atoms with E-state index in [2.05, 4.69) is 6.92 Å². The first-order valence-electron chi connectivity index (χ1n) is 6.36. The highest BCUT2D eigenvalue weighted by atomic mass is 16.4. The molecule has 1 saturated carbocycles. The van der Waals surface area contributed by atoms with Gasteiger partial charge in [-0.25, -0.2) is 0 Å². The predicted molar refractivity (Wildman–Crippen MR) is 65.5 cm³/mol. The summed E-state index contributed by atoms with van der Waals surface area (Å²) < 4.78 is 0. The van der Waals surface area contributed by atoms with E-state index >= 15 is 0 Å². The van der Waals surface area contributed by atoms with Gasteiger partial charge in [0.2, 0.25) is 0 Å². The molecule has 16 heavy (non-hydrogen) atoms. The molecule has 3 nitrogen and oxygen atoms in total. The lowest BCUT2D eigenvalue weighted by Crippen LogP contribution is -2.53. The topological polar surface area (TPSA) is 40.5 Å². The molecule has 0 unspecified atom stereocenters. The molecule has 1 fully saturated rings. The van der Waals surface area contributed by atoms with Gasteiger partial charge in [0.05, 0.1) is 0 Å². The number of hydrogen-bond donors (Lipinski definition) is 1. The summed E-state index contributed by atoms with van der Waals surface area (Å²) >= 11 is 0. The Labute approximate surface area is 98.8 Å². The van der Waals surface area contributed by atoms with E-state index in [4.69, 9.17) is 0 Å². The van der Waals surface area contributed by atoms with Gasteiger partial charge in [-0.2, -0.15) is 0 Å². The molecule has 0 aromatic heterocycles. The zero-order chi connectivity index (χ0) is 12.3. The van der Waals surface area contributed by atoms with Crippen molar-refractivity contribution in [1.82, 2.24) is 4.90 Å². The maximum Gasteiger partial charge on any atom is 0.323 e. The fourth-order valence-corrected chi connectivity index (χ4v) is 2.55. The number of carboxylic acids is 1. The number of rotatable bonds is 4. The van der Waals surface area contributed by atoms with E-state index in [1.54, 1.807) is 13.8 Å². The van der Waals surface area contributed by atoms with Crippen molar-refractivity contribution in [3.05, 3.63) is 0 Å². The van der Waals surface area contributed by atoms with Gasteiger partial charge in [-0.1, -0.05) is 13.3 Å². The van der Waals surface area contributed by atoms with E-state index < -0.39 is 11.5 Å². The lowest BCUT2D eigenvalue weighted by atomic mass is 9.82. The normalized spacial score (nSPS) is 27.1. The minimum absolute atomic E-state index is 0.439. The lowest BCUT2D eigenvalue weighted by molar-refractivity contribution is -0.150. The standard InChI is InChI=1S/C13H25NO2/c1-5-10-6-8-11(9-7-10)14(4)13(2,3)12(15)16/h10-11H,5-9H2,1-4H3,(H,15,16). The number of nitrogens with zero attached hydrogens (tertiary/aromatic N) is 1. The highest BCUT2D eigenvalue weighted by Crippen LogP contribution is 2.31. The molecule has 0 aromatic rings. The molecule has 0 bridgehead atoms. The van der Waals surface area contributed by atoms with Crippen molar-refractivity contribution in [3.63, 3.8) is 0 Å². The summed E-state index contributed by atoms with van der Waals surface area (Å²) in [5.41, 5.74) is -0.746. The van der Waals surface area contributed by atoms with E-state index in [0.29, 0.717) is 6.04 Å². The van der Waals surface area contributed by atoms with Crippen LogP contribution in [0.4, 0.5) is 0 Å². The summed E-state index contributed by atoms with van der Waals surface area (Å²) in [7, 11) is 1.95. The average molecular weight is 227 g/mol. The third kappa shape index (κ3) is 2.76. The highest BCUT2D eigenvalue weighted by molar-refractivity contribution is 5.77. The van der Waals surface area contributed by atoms with E-state index in [0.717, 1.165) is 18.8 Å². The lowest BCUT2D eigenvalue weighted by Gasteiger charge is -2.41. The number of carbonyl (C=O) groups is 1. The molecule has 1 aliphatic rings. The second kappa shape index (κ2) is 5.17. The van der Waals surface area contributed by atoms with Crippen LogP contribution in [0.15, 0.2) is 0 Å². The molecule has 1 N–H and O–H groups in total. The van der Waals surface area contributed by atoms with Crippen molar-refractivity contribution in [3.8, 4) is 0 Å². The summed E-state index contributed by atoms with van der Waals surface area (Å²) in [6.07, 6.45) is 6.05. The third-order valence-electron chi connectivity index (χ3n) is 4.35. The van der Waals surface area contributed by atoms with Crippen LogP contribution in [0.25, 0.3) is 0 Å². The molecule has 3 heteroatoms. The first kappa shape index (κ1) is 13.5. The summed E-state index contributed by atoms with van der Waals surface area (Å²) in [5, 5.41) is 9.20. The van der Waals surface area contributed by atoms with Gasteiger partial charge in [0, 0.05) is 6.04 Å². The maximum absolute atomic E-state index is 11.2. The van der Waals surface area contributed by atoms with Crippen LogP contribution < -0.4 is 0 Å². The molecular formula is C13H25NO2. The van der Waals surface area contributed by atoms with Gasteiger partial charge in [-0.3, -0.25) is 9.69 Å².